The zero-order valence-corrected chi connectivity index (χ0v) is 19.3. The molecular weight excluding hydrogens is 411 g/mol. The summed E-state index contributed by atoms with van der Waals surface area (Å²) < 4.78 is 58.1. The third kappa shape index (κ3) is 9.16. The summed E-state index contributed by atoms with van der Waals surface area (Å²) in [6.07, 6.45) is -6.36. The van der Waals surface area contributed by atoms with Crippen LogP contribution in [0.15, 0.2) is 0 Å². The van der Waals surface area contributed by atoms with Gasteiger partial charge in [-0.2, -0.15) is 8.42 Å². The maximum atomic E-state index is 11.5. The van der Waals surface area contributed by atoms with Crippen LogP contribution in [0, 0.1) is 0 Å². The molecule has 1 aliphatic rings. The van der Waals surface area contributed by atoms with E-state index in [1.54, 1.807) is 6.92 Å². The minimum Gasteiger partial charge on any atom is -0.456 e. The molecule has 11 nitrogen and oxygen atoms in total. The summed E-state index contributed by atoms with van der Waals surface area (Å²) in [6, 6.07) is 0. The molecule has 0 spiro atoms. The van der Waals surface area contributed by atoms with Crippen LogP contribution < -0.4 is 29.6 Å². The van der Waals surface area contributed by atoms with Gasteiger partial charge in [0.1, 0.15) is 11.9 Å². The molecule has 28 heavy (non-hydrogen) atoms. The molecule has 0 bridgehead atoms. The zero-order valence-electron chi connectivity index (χ0n) is 16.4. The molecule has 13 heteroatoms. The first-order valence-corrected chi connectivity index (χ1v) is 9.79. The molecule has 5 unspecified atom stereocenters. The molecule has 1 fully saturated rings. The Hall–Kier alpha value is -0.760. The average Bonchev–Trinajstić information content (AvgIpc) is 2.48. The van der Waals surface area contributed by atoms with Crippen LogP contribution in [0.25, 0.3) is 0 Å². The van der Waals surface area contributed by atoms with Crippen molar-refractivity contribution in [3.05, 3.63) is 0 Å². The molecule has 0 aromatic rings. The van der Waals surface area contributed by atoms with E-state index in [0.717, 1.165) is 20.8 Å². The molecule has 0 radical (unpaired) electrons. The Morgan fingerprint density at radius 3 is 1.82 bits per heavy atom. The predicted octanol–water partition coefficient (Wildman–Crippen LogP) is -3.18. The molecule has 1 rings (SSSR count). The molecule has 1 N–H and O–H groups in total. The monoisotopic (exact) mass is 435 g/mol. The van der Waals surface area contributed by atoms with Crippen molar-refractivity contribution in [1.82, 2.24) is 0 Å². The number of rotatable bonds is 8. The smallest absolute Gasteiger partial charge is 0.456 e. The third-order valence-corrected chi connectivity index (χ3v) is 4.11. The summed E-state index contributed by atoms with van der Waals surface area (Å²) in [7, 11) is -4.55. The minimum absolute atomic E-state index is 0. The van der Waals surface area contributed by atoms with Crippen LogP contribution in [0.4, 0.5) is 0 Å². The summed E-state index contributed by atoms with van der Waals surface area (Å²) in [5, 5.41) is 0. The van der Waals surface area contributed by atoms with Gasteiger partial charge in [0.05, 0.1) is 0 Å². The summed E-state index contributed by atoms with van der Waals surface area (Å²) in [6.45, 7) is 5.18. The maximum absolute atomic E-state index is 11.5. The average molecular weight is 435 g/mol. The van der Waals surface area contributed by atoms with Crippen molar-refractivity contribution in [1.29, 1.82) is 0 Å². The number of hydrogen-bond donors (Lipinski definition) is 1. The van der Waals surface area contributed by atoms with Crippen LogP contribution in [0.2, 0.25) is 0 Å². The van der Waals surface area contributed by atoms with Crippen molar-refractivity contribution >= 4 is 28.0 Å². The summed E-state index contributed by atoms with van der Waals surface area (Å²) in [4.78, 5) is 34.5. The van der Waals surface area contributed by atoms with Crippen LogP contribution in [-0.2, 0) is 48.2 Å². The van der Waals surface area contributed by atoms with Crippen LogP contribution >= 0.6 is 0 Å². The van der Waals surface area contributed by atoms with Gasteiger partial charge in [-0.1, -0.05) is 6.92 Å². The van der Waals surface area contributed by atoms with E-state index in [2.05, 4.69) is 0 Å². The Kier molecular flexibility index (Phi) is 11.7. The van der Waals surface area contributed by atoms with Gasteiger partial charge in [-0.15, -0.1) is 0 Å². The SMILES string of the molecule is CCCOC1OC(CS(=O)(=O)O)C(OC(C)=O)C(OC(C)=O)C1OC(C)=O.[Na+]. The Bertz CT molecular complexity index is 650. The quantitative estimate of drug-likeness (QED) is 0.178. The van der Waals surface area contributed by atoms with Crippen molar-refractivity contribution in [2.24, 2.45) is 0 Å². The van der Waals surface area contributed by atoms with Crippen LogP contribution in [0.3, 0.4) is 0 Å². The zero-order chi connectivity index (χ0) is 20.8. The Labute approximate surface area is 185 Å². The van der Waals surface area contributed by atoms with Crippen molar-refractivity contribution in [2.45, 2.75) is 64.8 Å². The predicted molar refractivity (Wildman–Crippen MR) is 88.0 cm³/mol. The Balaban J connectivity index is 0.00000729. The van der Waals surface area contributed by atoms with Gasteiger partial charge in [-0.25, -0.2) is 0 Å². The topological polar surface area (TPSA) is 152 Å². The van der Waals surface area contributed by atoms with Gasteiger partial charge in [0.15, 0.2) is 24.6 Å². The molecule has 0 amide bonds. The molecule has 5 atom stereocenters. The van der Waals surface area contributed by atoms with Gasteiger partial charge in [0.2, 0.25) is 0 Å². The number of ether oxygens (including phenoxy) is 5. The van der Waals surface area contributed by atoms with Gasteiger partial charge in [-0.05, 0) is 6.42 Å². The van der Waals surface area contributed by atoms with E-state index in [4.69, 9.17) is 23.7 Å². The van der Waals surface area contributed by atoms with E-state index < -0.39 is 64.5 Å². The van der Waals surface area contributed by atoms with Crippen LogP contribution in [0.1, 0.15) is 34.1 Å². The molecule has 0 saturated carbocycles. The molecular formula is C15H24NaO11S+. The number of hydrogen-bond acceptors (Lipinski definition) is 10. The van der Waals surface area contributed by atoms with Crippen molar-refractivity contribution in [3.8, 4) is 0 Å². The molecule has 0 aliphatic carbocycles. The molecule has 156 valence electrons. The summed E-state index contributed by atoms with van der Waals surface area (Å²) in [5.74, 6) is -3.33. The largest absolute Gasteiger partial charge is 1.00 e. The first-order chi connectivity index (χ1) is 12.4. The minimum atomic E-state index is -4.55. The van der Waals surface area contributed by atoms with E-state index in [1.807, 2.05) is 0 Å². The summed E-state index contributed by atoms with van der Waals surface area (Å²) in [5.41, 5.74) is 0. The fourth-order valence-corrected chi connectivity index (χ4v) is 3.25. The number of esters is 3. The van der Waals surface area contributed by atoms with Crippen LogP contribution in [0.5, 0.6) is 0 Å². The molecule has 1 aliphatic heterocycles. The third-order valence-electron chi connectivity index (χ3n) is 3.36. The van der Waals surface area contributed by atoms with Gasteiger partial charge in [0.25, 0.3) is 10.1 Å². The molecule has 1 saturated heterocycles. The Morgan fingerprint density at radius 2 is 1.39 bits per heavy atom. The normalized spacial score (nSPS) is 27.2. The number of carbonyl (C=O) groups is 3. The fraction of sp³-hybridized carbons (Fsp3) is 0.800. The molecule has 1 heterocycles. The van der Waals surface area contributed by atoms with Crippen LogP contribution in [-0.4, -0.2) is 73.9 Å². The summed E-state index contributed by atoms with van der Waals surface area (Å²) >= 11 is 0. The van der Waals surface area contributed by atoms with E-state index in [-0.39, 0.29) is 36.2 Å². The number of carbonyl (C=O) groups excluding carboxylic acids is 3. The van der Waals surface area contributed by atoms with Gasteiger partial charge in [-0.3, -0.25) is 18.9 Å². The maximum Gasteiger partial charge on any atom is 1.00 e. The van der Waals surface area contributed by atoms with Crippen molar-refractivity contribution in [2.75, 3.05) is 12.4 Å². The van der Waals surface area contributed by atoms with E-state index in [9.17, 15) is 27.4 Å². The molecule has 0 aromatic heterocycles. The Morgan fingerprint density at radius 1 is 0.929 bits per heavy atom. The van der Waals surface area contributed by atoms with E-state index >= 15 is 0 Å². The first kappa shape index (κ1) is 27.2. The van der Waals surface area contributed by atoms with E-state index in [0.29, 0.717) is 6.42 Å². The van der Waals surface area contributed by atoms with Gasteiger partial charge >= 0.3 is 47.5 Å². The molecule has 0 aromatic carbocycles. The second-order valence-corrected chi connectivity index (χ2v) is 7.38. The second-order valence-electron chi connectivity index (χ2n) is 5.88. The van der Waals surface area contributed by atoms with Gasteiger partial charge in [0, 0.05) is 27.4 Å². The van der Waals surface area contributed by atoms with E-state index in [1.165, 1.54) is 0 Å². The second kappa shape index (κ2) is 12.1. The van der Waals surface area contributed by atoms with Gasteiger partial charge < -0.3 is 23.7 Å². The van der Waals surface area contributed by atoms with Crippen molar-refractivity contribution in [3.63, 3.8) is 0 Å². The first-order valence-electron chi connectivity index (χ1n) is 8.18. The standard InChI is InChI=1S/C15H24O11S.Na/c1-5-6-22-15-14(25-10(4)18)13(24-9(3)17)12(23-8(2)16)11(26-15)7-27(19,20)21;/h11-15H,5-7H2,1-4H3,(H,19,20,21);/q;+1. The van der Waals surface area contributed by atoms with Crippen molar-refractivity contribution < 1.29 is 80.6 Å². The fourth-order valence-electron chi connectivity index (χ4n) is 2.56.